The van der Waals surface area contributed by atoms with Gasteiger partial charge >= 0.3 is 0 Å². The number of hydrogen-bond donors (Lipinski definition) is 1. The molecule has 2 atom stereocenters. The van der Waals surface area contributed by atoms with E-state index in [1.807, 2.05) is 31.3 Å². The molecule has 0 spiro atoms. The Morgan fingerprint density at radius 1 is 1.33 bits per heavy atom. The van der Waals surface area contributed by atoms with Crippen LogP contribution >= 0.6 is 0 Å². The first-order valence-electron chi connectivity index (χ1n) is 8.72. The Kier molecular flexibility index (Phi) is 6.64. The lowest BCUT2D eigenvalue weighted by Gasteiger charge is -2.16. The van der Waals surface area contributed by atoms with E-state index in [9.17, 15) is 9.59 Å². The molecular weight excluding hydrogens is 304 g/mol. The zero-order chi connectivity index (χ0) is 17.5. The van der Waals surface area contributed by atoms with Gasteiger partial charge in [-0.05, 0) is 37.0 Å². The van der Waals surface area contributed by atoms with Crippen molar-refractivity contribution in [3.8, 4) is 5.75 Å². The van der Waals surface area contributed by atoms with Gasteiger partial charge in [0.15, 0.2) is 0 Å². The van der Waals surface area contributed by atoms with E-state index in [4.69, 9.17) is 4.74 Å². The molecule has 0 radical (unpaired) electrons. The molecule has 1 N–H and O–H groups in total. The van der Waals surface area contributed by atoms with Gasteiger partial charge in [-0.2, -0.15) is 0 Å². The van der Waals surface area contributed by atoms with Crippen molar-refractivity contribution in [1.82, 2.24) is 10.2 Å². The summed E-state index contributed by atoms with van der Waals surface area (Å²) in [6.07, 6.45) is 3.51. The lowest BCUT2D eigenvalue weighted by Crippen LogP contribution is -2.32. The molecule has 5 nitrogen and oxygen atoms in total. The Hall–Kier alpha value is -2.04. The van der Waals surface area contributed by atoms with E-state index < -0.39 is 0 Å². The second-order valence-electron chi connectivity index (χ2n) is 6.45. The van der Waals surface area contributed by atoms with Crippen LogP contribution in [0.2, 0.25) is 0 Å². The molecule has 0 heterocycles. The smallest absolute Gasteiger partial charge is 0.226 e. The number of carbonyl (C=O) groups excluding carboxylic acids is 2. The van der Waals surface area contributed by atoms with Crippen LogP contribution in [-0.2, 0) is 16.0 Å². The normalized spacial score (nSPS) is 18.8. The number of carbonyl (C=O) groups is 2. The maximum absolute atomic E-state index is 12.2. The summed E-state index contributed by atoms with van der Waals surface area (Å²) in [6.45, 7) is 3.46. The van der Waals surface area contributed by atoms with Gasteiger partial charge in [0, 0.05) is 20.1 Å². The number of amides is 2. The van der Waals surface area contributed by atoms with Crippen molar-refractivity contribution in [2.24, 2.45) is 11.8 Å². The highest BCUT2D eigenvalue weighted by molar-refractivity contribution is 5.92. The lowest BCUT2D eigenvalue weighted by atomic mass is 10.1. The van der Waals surface area contributed by atoms with Crippen LogP contribution in [0.4, 0.5) is 0 Å². The molecule has 0 aliphatic heterocycles. The lowest BCUT2D eigenvalue weighted by molar-refractivity contribution is -0.133. The Bertz CT molecular complexity index is 573. The summed E-state index contributed by atoms with van der Waals surface area (Å²) >= 11 is 0. The third-order valence-electron chi connectivity index (χ3n) is 4.51. The molecule has 0 aromatic heterocycles. The standard InChI is InChI=1S/C19H28N2O3/c1-4-5-11-21(2)19(23)17-13-16(17)18(22)20-10-9-14-7-6-8-15(12-14)24-3/h6-8,12,16-17H,4-5,9-11,13H2,1-3H3,(H,20,22). The molecule has 5 heteroatoms. The van der Waals surface area contributed by atoms with Gasteiger partial charge < -0.3 is 15.0 Å². The Labute approximate surface area is 144 Å². The van der Waals surface area contributed by atoms with E-state index in [1.165, 1.54) is 0 Å². The van der Waals surface area contributed by atoms with E-state index in [-0.39, 0.29) is 23.7 Å². The van der Waals surface area contributed by atoms with Gasteiger partial charge in [-0.1, -0.05) is 25.5 Å². The van der Waals surface area contributed by atoms with Crippen LogP contribution in [0.25, 0.3) is 0 Å². The van der Waals surface area contributed by atoms with Gasteiger partial charge in [0.2, 0.25) is 11.8 Å². The molecule has 132 valence electrons. The minimum Gasteiger partial charge on any atom is -0.497 e. The summed E-state index contributed by atoms with van der Waals surface area (Å²) in [7, 11) is 3.47. The number of hydrogen-bond acceptors (Lipinski definition) is 3. The van der Waals surface area contributed by atoms with Crippen LogP contribution < -0.4 is 10.1 Å². The second-order valence-corrected chi connectivity index (χ2v) is 6.45. The first-order chi connectivity index (χ1) is 11.6. The Balaban J connectivity index is 1.71. The number of nitrogens with zero attached hydrogens (tertiary/aromatic N) is 1. The van der Waals surface area contributed by atoms with Crippen LogP contribution in [0.5, 0.6) is 5.75 Å². The highest BCUT2D eigenvalue weighted by Gasteiger charge is 2.48. The summed E-state index contributed by atoms with van der Waals surface area (Å²) in [6, 6.07) is 7.83. The largest absolute Gasteiger partial charge is 0.497 e. The summed E-state index contributed by atoms with van der Waals surface area (Å²) in [5, 5.41) is 2.95. The maximum atomic E-state index is 12.2. The van der Waals surface area contributed by atoms with Crippen molar-refractivity contribution < 1.29 is 14.3 Å². The first kappa shape index (κ1) is 18.3. The molecule has 0 saturated heterocycles. The Morgan fingerprint density at radius 3 is 2.83 bits per heavy atom. The molecule has 1 aromatic carbocycles. The number of methoxy groups -OCH3 is 1. The minimum atomic E-state index is -0.146. The van der Waals surface area contributed by atoms with Gasteiger partial charge in [0.25, 0.3) is 0 Å². The van der Waals surface area contributed by atoms with Crippen LogP contribution in [0.1, 0.15) is 31.7 Å². The van der Waals surface area contributed by atoms with Gasteiger partial charge in [0.05, 0.1) is 18.9 Å². The van der Waals surface area contributed by atoms with E-state index in [0.717, 1.165) is 37.1 Å². The molecule has 1 fully saturated rings. The highest BCUT2D eigenvalue weighted by Crippen LogP contribution is 2.39. The summed E-state index contributed by atoms with van der Waals surface area (Å²) in [4.78, 5) is 26.1. The van der Waals surface area contributed by atoms with Gasteiger partial charge in [-0.15, -0.1) is 0 Å². The van der Waals surface area contributed by atoms with E-state index in [2.05, 4.69) is 12.2 Å². The maximum Gasteiger partial charge on any atom is 0.226 e. The molecule has 1 saturated carbocycles. The number of unbranched alkanes of at least 4 members (excludes halogenated alkanes) is 1. The van der Waals surface area contributed by atoms with Gasteiger partial charge in [-0.25, -0.2) is 0 Å². The van der Waals surface area contributed by atoms with Crippen molar-refractivity contribution in [2.75, 3.05) is 27.2 Å². The molecular formula is C19H28N2O3. The topological polar surface area (TPSA) is 58.6 Å². The molecule has 2 rings (SSSR count). The van der Waals surface area contributed by atoms with Crippen LogP contribution in [0, 0.1) is 11.8 Å². The quantitative estimate of drug-likeness (QED) is 0.754. The van der Waals surface area contributed by atoms with Crippen molar-refractivity contribution in [3.05, 3.63) is 29.8 Å². The second kappa shape index (κ2) is 8.71. The summed E-state index contributed by atoms with van der Waals surface area (Å²) in [5.41, 5.74) is 1.12. The molecule has 1 aliphatic rings. The Morgan fingerprint density at radius 2 is 2.12 bits per heavy atom. The van der Waals surface area contributed by atoms with E-state index >= 15 is 0 Å². The summed E-state index contributed by atoms with van der Waals surface area (Å²) in [5.74, 6) is 0.661. The molecule has 1 aliphatic carbocycles. The highest BCUT2D eigenvalue weighted by atomic mass is 16.5. The third kappa shape index (κ3) is 4.98. The number of nitrogens with one attached hydrogen (secondary N) is 1. The minimum absolute atomic E-state index is 0.000127. The molecule has 24 heavy (non-hydrogen) atoms. The zero-order valence-electron chi connectivity index (χ0n) is 14.9. The number of rotatable bonds is 9. The van der Waals surface area contributed by atoms with Gasteiger partial charge in [0.1, 0.15) is 5.75 Å². The fourth-order valence-corrected chi connectivity index (χ4v) is 2.84. The fourth-order valence-electron chi connectivity index (χ4n) is 2.84. The fraction of sp³-hybridized carbons (Fsp3) is 0.579. The van der Waals surface area contributed by atoms with E-state index in [1.54, 1.807) is 12.0 Å². The van der Waals surface area contributed by atoms with Crippen molar-refractivity contribution in [3.63, 3.8) is 0 Å². The average molecular weight is 332 g/mol. The van der Waals surface area contributed by atoms with Crippen molar-refractivity contribution >= 4 is 11.8 Å². The van der Waals surface area contributed by atoms with Crippen molar-refractivity contribution in [2.45, 2.75) is 32.6 Å². The predicted octanol–water partition coefficient (Wildman–Crippen LogP) is 2.25. The number of ether oxygens (including phenoxy) is 1. The van der Waals surface area contributed by atoms with Crippen LogP contribution in [0.3, 0.4) is 0 Å². The molecule has 0 bridgehead atoms. The summed E-state index contributed by atoms with van der Waals surface area (Å²) < 4.78 is 5.19. The van der Waals surface area contributed by atoms with Crippen molar-refractivity contribution in [1.29, 1.82) is 0 Å². The molecule has 1 aromatic rings. The van der Waals surface area contributed by atoms with E-state index in [0.29, 0.717) is 13.0 Å². The third-order valence-corrected chi connectivity index (χ3v) is 4.51. The molecule has 2 unspecified atom stereocenters. The first-order valence-corrected chi connectivity index (χ1v) is 8.72. The monoisotopic (exact) mass is 332 g/mol. The van der Waals surface area contributed by atoms with Crippen LogP contribution in [-0.4, -0.2) is 44.0 Å². The predicted molar refractivity (Wildman–Crippen MR) is 93.8 cm³/mol. The average Bonchev–Trinajstić information content (AvgIpc) is 3.39. The zero-order valence-corrected chi connectivity index (χ0v) is 14.9. The molecule has 2 amide bonds. The SMILES string of the molecule is CCCCN(C)C(=O)C1CC1C(=O)NCCc1cccc(OC)c1. The van der Waals surface area contributed by atoms with Gasteiger partial charge in [-0.3, -0.25) is 9.59 Å². The number of benzene rings is 1. The van der Waals surface area contributed by atoms with Crippen LogP contribution in [0.15, 0.2) is 24.3 Å².